The molecule has 1 fully saturated rings. The van der Waals surface area contributed by atoms with Gasteiger partial charge in [0.2, 0.25) is 0 Å². The summed E-state index contributed by atoms with van der Waals surface area (Å²) in [5.41, 5.74) is 3.07. The van der Waals surface area contributed by atoms with E-state index in [4.69, 9.17) is 0 Å². The summed E-state index contributed by atoms with van der Waals surface area (Å²) in [6.07, 6.45) is 2.63. The van der Waals surface area contributed by atoms with E-state index >= 15 is 0 Å². The molecule has 2 atom stereocenters. The van der Waals surface area contributed by atoms with E-state index in [1.807, 2.05) is 0 Å². The van der Waals surface area contributed by atoms with Crippen LogP contribution in [0.4, 0.5) is 0 Å². The van der Waals surface area contributed by atoms with Crippen molar-refractivity contribution in [1.29, 1.82) is 0 Å². The Balaban J connectivity index is 2.21. The van der Waals surface area contributed by atoms with Gasteiger partial charge >= 0.3 is 0 Å². The van der Waals surface area contributed by atoms with Crippen molar-refractivity contribution >= 4 is 0 Å². The van der Waals surface area contributed by atoms with Crippen LogP contribution in [0, 0.1) is 6.92 Å². The lowest BCUT2D eigenvalue weighted by atomic mass is 9.94. The van der Waals surface area contributed by atoms with E-state index in [0.29, 0.717) is 17.6 Å². The van der Waals surface area contributed by atoms with Crippen LogP contribution in [-0.2, 0) is 0 Å². The molecule has 0 radical (unpaired) electrons. The quantitative estimate of drug-likeness (QED) is 0.876. The first-order valence-electron chi connectivity index (χ1n) is 8.02. The van der Waals surface area contributed by atoms with Crippen LogP contribution in [0.1, 0.15) is 57.7 Å². The van der Waals surface area contributed by atoms with Gasteiger partial charge in [0.05, 0.1) is 0 Å². The number of nitrogens with one attached hydrogen (secondary N) is 1. The molecule has 2 nitrogen and oxygen atoms in total. The Labute approximate surface area is 124 Å². The smallest absolute Gasteiger partial charge is 0.0475 e. The molecular formula is C18H30N2. The maximum absolute atomic E-state index is 3.69. The fraction of sp³-hybridized carbons (Fsp3) is 0.667. The lowest BCUT2D eigenvalue weighted by molar-refractivity contribution is 0.0993. The predicted octanol–water partition coefficient (Wildman–Crippen LogP) is 3.91. The van der Waals surface area contributed by atoms with Crippen LogP contribution in [0.25, 0.3) is 0 Å². The van der Waals surface area contributed by atoms with Crippen molar-refractivity contribution in [2.75, 3.05) is 13.1 Å². The van der Waals surface area contributed by atoms with E-state index in [1.54, 1.807) is 0 Å². The molecule has 1 aliphatic rings. The highest BCUT2D eigenvalue weighted by atomic mass is 15.3. The molecule has 0 aromatic heterocycles. The SMILES string of the molecule is CCNC(c1ccc(C)cc1)C(C)N1CCCC1(C)C. The van der Waals surface area contributed by atoms with Crippen LogP contribution in [0.5, 0.6) is 0 Å². The highest BCUT2D eigenvalue weighted by Gasteiger charge is 2.37. The van der Waals surface area contributed by atoms with Crippen LogP contribution < -0.4 is 5.32 Å². The third-order valence-corrected chi connectivity index (χ3v) is 4.80. The minimum atomic E-state index is 0.331. The Hall–Kier alpha value is -0.860. The molecular weight excluding hydrogens is 244 g/mol. The van der Waals surface area contributed by atoms with Crippen LogP contribution in [0.15, 0.2) is 24.3 Å². The van der Waals surface area contributed by atoms with Crippen molar-refractivity contribution in [1.82, 2.24) is 10.2 Å². The largest absolute Gasteiger partial charge is 0.309 e. The van der Waals surface area contributed by atoms with Gasteiger partial charge in [0.15, 0.2) is 0 Å². The van der Waals surface area contributed by atoms with Crippen molar-refractivity contribution in [3.8, 4) is 0 Å². The predicted molar refractivity (Wildman–Crippen MR) is 87.1 cm³/mol. The summed E-state index contributed by atoms with van der Waals surface area (Å²) >= 11 is 0. The highest BCUT2D eigenvalue weighted by Crippen LogP contribution is 2.34. The Kier molecular flexibility index (Phi) is 4.87. The van der Waals surface area contributed by atoms with Gasteiger partial charge in [0.25, 0.3) is 0 Å². The van der Waals surface area contributed by atoms with Gasteiger partial charge in [-0.15, -0.1) is 0 Å². The molecule has 1 aromatic carbocycles. The van der Waals surface area contributed by atoms with Crippen molar-refractivity contribution in [2.45, 2.75) is 65.1 Å². The molecule has 0 saturated carbocycles. The van der Waals surface area contributed by atoms with Gasteiger partial charge in [-0.05, 0) is 59.2 Å². The average Bonchev–Trinajstić information content (AvgIpc) is 2.76. The normalized spacial score (nSPS) is 21.9. The lowest BCUT2D eigenvalue weighted by Crippen LogP contribution is -2.49. The van der Waals surface area contributed by atoms with Crippen molar-refractivity contribution in [2.24, 2.45) is 0 Å². The van der Waals surface area contributed by atoms with Crippen molar-refractivity contribution in [3.63, 3.8) is 0 Å². The summed E-state index contributed by atoms with van der Waals surface area (Å²) in [5, 5.41) is 3.69. The molecule has 1 N–H and O–H groups in total. The van der Waals surface area contributed by atoms with E-state index in [9.17, 15) is 0 Å². The third-order valence-electron chi connectivity index (χ3n) is 4.80. The molecule has 1 aliphatic heterocycles. The van der Waals surface area contributed by atoms with Crippen LogP contribution in [0.2, 0.25) is 0 Å². The number of hydrogen-bond donors (Lipinski definition) is 1. The van der Waals surface area contributed by atoms with Crippen LogP contribution >= 0.6 is 0 Å². The first-order chi connectivity index (χ1) is 9.45. The summed E-state index contributed by atoms with van der Waals surface area (Å²) < 4.78 is 0. The number of likely N-dealkylation sites (N-methyl/N-ethyl adjacent to an activating group) is 1. The van der Waals surface area contributed by atoms with E-state index in [0.717, 1.165) is 6.54 Å². The monoisotopic (exact) mass is 274 g/mol. The first kappa shape index (κ1) is 15.5. The van der Waals surface area contributed by atoms with Gasteiger partial charge in [0.1, 0.15) is 0 Å². The minimum absolute atomic E-state index is 0.331. The number of aryl methyl sites for hydroxylation is 1. The minimum Gasteiger partial charge on any atom is -0.309 e. The zero-order valence-corrected chi connectivity index (χ0v) is 13.7. The van der Waals surface area contributed by atoms with Gasteiger partial charge in [-0.3, -0.25) is 4.90 Å². The van der Waals surface area contributed by atoms with E-state index in [1.165, 1.54) is 30.5 Å². The summed E-state index contributed by atoms with van der Waals surface area (Å²) in [5.74, 6) is 0. The summed E-state index contributed by atoms with van der Waals surface area (Å²) in [6, 6.07) is 9.95. The van der Waals surface area contributed by atoms with Crippen LogP contribution in [-0.4, -0.2) is 29.6 Å². The molecule has 112 valence electrons. The summed E-state index contributed by atoms with van der Waals surface area (Å²) in [6.45, 7) is 13.7. The molecule has 0 spiro atoms. The molecule has 1 aromatic rings. The van der Waals surface area contributed by atoms with Crippen molar-refractivity contribution in [3.05, 3.63) is 35.4 Å². The molecule has 0 bridgehead atoms. The lowest BCUT2D eigenvalue weighted by Gasteiger charge is -2.41. The molecule has 20 heavy (non-hydrogen) atoms. The molecule has 2 unspecified atom stereocenters. The Morgan fingerprint density at radius 1 is 1.25 bits per heavy atom. The summed E-state index contributed by atoms with van der Waals surface area (Å²) in [4.78, 5) is 2.68. The van der Waals surface area contributed by atoms with Crippen molar-refractivity contribution < 1.29 is 0 Å². The van der Waals surface area contributed by atoms with Gasteiger partial charge < -0.3 is 5.32 Å². The zero-order valence-electron chi connectivity index (χ0n) is 13.7. The second-order valence-electron chi connectivity index (χ2n) is 6.80. The molecule has 1 saturated heterocycles. The number of benzene rings is 1. The molecule has 2 heteroatoms. The number of hydrogen-bond acceptors (Lipinski definition) is 2. The zero-order chi connectivity index (χ0) is 14.8. The Bertz CT molecular complexity index is 422. The standard InChI is InChI=1S/C18H30N2/c1-6-19-17(16-10-8-14(2)9-11-16)15(3)20-13-7-12-18(20,4)5/h8-11,15,17,19H,6-7,12-13H2,1-5H3. The Morgan fingerprint density at radius 3 is 2.40 bits per heavy atom. The Morgan fingerprint density at radius 2 is 1.90 bits per heavy atom. The molecule has 0 amide bonds. The first-order valence-corrected chi connectivity index (χ1v) is 8.02. The molecule has 1 heterocycles. The van der Waals surface area contributed by atoms with Crippen LogP contribution in [0.3, 0.4) is 0 Å². The van der Waals surface area contributed by atoms with E-state index in [-0.39, 0.29) is 0 Å². The fourth-order valence-corrected chi connectivity index (χ4v) is 3.62. The topological polar surface area (TPSA) is 15.3 Å². The second kappa shape index (κ2) is 6.28. The van der Waals surface area contributed by atoms with Gasteiger partial charge in [0, 0.05) is 17.6 Å². The molecule has 0 aliphatic carbocycles. The molecule has 2 rings (SSSR count). The van der Waals surface area contributed by atoms with Gasteiger partial charge in [-0.1, -0.05) is 36.8 Å². The summed E-state index contributed by atoms with van der Waals surface area (Å²) in [7, 11) is 0. The number of nitrogens with zero attached hydrogens (tertiary/aromatic N) is 1. The number of likely N-dealkylation sites (tertiary alicyclic amines) is 1. The van der Waals surface area contributed by atoms with Gasteiger partial charge in [-0.2, -0.15) is 0 Å². The number of rotatable bonds is 5. The van der Waals surface area contributed by atoms with E-state index < -0.39 is 0 Å². The highest BCUT2D eigenvalue weighted by molar-refractivity contribution is 5.25. The maximum atomic E-state index is 3.69. The average molecular weight is 274 g/mol. The third kappa shape index (κ3) is 3.24. The maximum Gasteiger partial charge on any atom is 0.0475 e. The van der Waals surface area contributed by atoms with Gasteiger partial charge in [-0.25, -0.2) is 0 Å². The second-order valence-corrected chi connectivity index (χ2v) is 6.80. The van der Waals surface area contributed by atoms with E-state index in [2.05, 4.69) is 69.1 Å². The fourth-order valence-electron chi connectivity index (χ4n) is 3.62.